The predicted molar refractivity (Wildman–Crippen MR) is 61.9 cm³/mol. The second-order valence-electron chi connectivity index (χ2n) is 3.29. The molecule has 14 heavy (non-hydrogen) atoms. The van der Waals surface area contributed by atoms with Crippen LogP contribution in [0.3, 0.4) is 0 Å². The van der Waals surface area contributed by atoms with Crippen LogP contribution in [-0.2, 0) is 0 Å². The zero-order valence-electron chi connectivity index (χ0n) is 7.75. The van der Waals surface area contributed by atoms with Gasteiger partial charge < -0.3 is 4.98 Å². The van der Waals surface area contributed by atoms with Gasteiger partial charge in [-0.05, 0) is 36.1 Å². The fraction of sp³-hybridized carbons (Fsp3) is 0.182. The van der Waals surface area contributed by atoms with Crippen molar-refractivity contribution in [3.63, 3.8) is 0 Å². The summed E-state index contributed by atoms with van der Waals surface area (Å²) >= 11 is 3.51. The van der Waals surface area contributed by atoms with Crippen LogP contribution in [0, 0.1) is 0 Å². The van der Waals surface area contributed by atoms with Gasteiger partial charge in [-0.3, -0.25) is 4.79 Å². The first-order valence-corrected chi connectivity index (χ1v) is 5.35. The van der Waals surface area contributed by atoms with E-state index in [1.54, 1.807) is 6.07 Å². The fourth-order valence-corrected chi connectivity index (χ4v) is 1.70. The Morgan fingerprint density at radius 1 is 1.29 bits per heavy atom. The SMILES string of the molecule is CC(Br)c1ccc2[nH]c(=O)ccc2c1. The van der Waals surface area contributed by atoms with E-state index < -0.39 is 0 Å². The highest BCUT2D eigenvalue weighted by Gasteiger charge is 2.01. The van der Waals surface area contributed by atoms with Crippen LogP contribution in [0.5, 0.6) is 0 Å². The molecule has 1 N–H and O–H groups in total. The summed E-state index contributed by atoms with van der Waals surface area (Å²) in [5.41, 5.74) is 2.04. The number of aromatic nitrogens is 1. The number of nitrogens with one attached hydrogen (secondary N) is 1. The van der Waals surface area contributed by atoms with Crippen molar-refractivity contribution in [3.8, 4) is 0 Å². The first kappa shape index (κ1) is 9.46. The molecule has 72 valence electrons. The van der Waals surface area contributed by atoms with E-state index >= 15 is 0 Å². The van der Waals surface area contributed by atoms with Gasteiger partial charge in [-0.25, -0.2) is 0 Å². The van der Waals surface area contributed by atoms with Gasteiger partial charge in [0.1, 0.15) is 0 Å². The lowest BCUT2D eigenvalue weighted by atomic mass is 10.1. The Kier molecular flexibility index (Phi) is 2.42. The summed E-state index contributed by atoms with van der Waals surface area (Å²) in [6.45, 7) is 2.08. The molecule has 1 atom stereocenters. The molecule has 1 unspecified atom stereocenters. The van der Waals surface area contributed by atoms with Gasteiger partial charge in [0.15, 0.2) is 0 Å². The Balaban J connectivity index is 2.67. The standard InChI is InChI=1S/C11H10BrNO/c1-7(12)8-2-4-10-9(6-8)3-5-11(14)13-10/h2-7H,1H3,(H,13,14). The van der Waals surface area contributed by atoms with Crippen molar-refractivity contribution in [1.82, 2.24) is 4.98 Å². The lowest BCUT2D eigenvalue weighted by Gasteiger charge is -2.04. The molecule has 2 nitrogen and oxygen atoms in total. The molecule has 1 heterocycles. The summed E-state index contributed by atoms with van der Waals surface area (Å²) in [5.74, 6) is 0. The minimum absolute atomic E-state index is 0.0582. The zero-order chi connectivity index (χ0) is 10.1. The van der Waals surface area contributed by atoms with Crippen LogP contribution in [0.1, 0.15) is 17.3 Å². The van der Waals surface area contributed by atoms with Crippen molar-refractivity contribution in [3.05, 3.63) is 46.2 Å². The molecular formula is C11H10BrNO. The quantitative estimate of drug-likeness (QED) is 0.777. The molecule has 0 amide bonds. The number of fused-ring (bicyclic) bond motifs is 1. The maximum Gasteiger partial charge on any atom is 0.248 e. The number of hydrogen-bond acceptors (Lipinski definition) is 1. The summed E-state index contributed by atoms with van der Waals surface area (Å²) in [6, 6.07) is 9.41. The van der Waals surface area contributed by atoms with Gasteiger partial charge in [0.05, 0.1) is 0 Å². The number of rotatable bonds is 1. The number of H-pyrrole nitrogens is 1. The normalized spacial score (nSPS) is 13.0. The minimum atomic E-state index is -0.0582. The van der Waals surface area contributed by atoms with E-state index in [0.717, 1.165) is 10.9 Å². The number of pyridine rings is 1. The molecule has 1 aromatic carbocycles. The topological polar surface area (TPSA) is 32.9 Å². The largest absolute Gasteiger partial charge is 0.322 e. The van der Waals surface area contributed by atoms with Gasteiger partial charge in [0.25, 0.3) is 0 Å². The fourth-order valence-electron chi connectivity index (χ4n) is 1.42. The monoisotopic (exact) mass is 251 g/mol. The first-order valence-electron chi connectivity index (χ1n) is 4.44. The number of alkyl halides is 1. The molecule has 0 spiro atoms. The summed E-state index contributed by atoms with van der Waals surface area (Å²) in [5, 5.41) is 1.06. The van der Waals surface area contributed by atoms with Crippen molar-refractivity contribution in [2.45, 2.75) is 11.8 Å². The summed E-state index contributed by atoms with van der Waals surface area (Å²) in [6.07, 6.45) is 0. The summed E-state index contributed by atoms with van der Waals surface area (Å²) in [7, 11) is 0. The molecule has 0 saturated carbocycles. The van der Waals surface area contributed by atoms with Crippen LogP contribution < -0.4 is 5.56 Å². The third-order valence-electron chi connectivity index (χ3n) is 2.21. The average Bonchev–Trinajstić information content (AvgIpc) is 2.16. The molecule has 1 aromatic heterocycles. The predicted octanol–water partition coefficient (Wildman–Crippen LogP) is 2.98. The molecule has 0 aliphatic heterocycles. The average molecular weight is 252 g/mol. The third-order valence-corrected chi connectivity index (χ3v) is 2.74. The lowest BCUT2D eigenvalue weighted by molar-refractivity contribution is 1.13. The van der Waals surface area contributed by atoms with Crippen LogP contribution >= 0.6 is 15.9 Å². The first-order chi connectivity index (χ1) is 6.66. The van der Waals surface area contributed by atoms with Gasteiger partial charge >= 0.3 is 0 Å². The van der Waals surface area contributed by atoms with E-state index in [1.165, 1.54) is 5.56 Å². The van der Waals surface area contributed by atoms with E-state index in [9.17, 15) is 4.79 Å². The Morgan fingerprint density at radius 3 is 2.79 bits per heavy atom. The van der Waals surface area contributed by atoms with Gasteiger partial charge in [-0.2, -0.15) is 0 Å². The van der Waals surface area contributed by atoms with Crippen molar-refractivity contribution in [2.75, 3.05) is 0 Å². The smallest absolute Gasteiger partial charge is 0.248 e. The van der Waals surface area contributed by atoms with Crippen LogP contribution in [-0.4, -0.2) is 4.98 Å². The Morgan fingerprint density at radius 2 is 2.07 bits per heavy atom. The lowest BCUT2D eigenvalue weighted by Crippen LogP contribution is -2.02. The van der Waals surface area contributed by atoms with E-state index in [2.05, 4.69) is 33.9 Å². The molecule has 2 rings (SSSR count). The van der Waals surface area contributed by atoms with Gasteiger partial charge in [-0.15, -0.1) is 0 Å². The Bertz CT molecular complexity index is 516. The summed E-state index contributed by atoms with van der Waals surface area (Å²) < 4.78 is 0. The van der Waals surface area contributed by atoms with Crippen LogP contribution in [0.15, 0.2) is 35.1 Å². The van der Waals surface area contributed by atoms with Gasteiger partial charge in [0, 0.05) is 16.4 Å². The second kappa shape index (κ2) is 3.58. The molecule has 0 fully saturated rings. The molecule has 0 aliphatic rings. The van der Waals surface area contributed by atoms with E-state index in [-0.39, 0.29) is 5.56 Å². The van der Waals surface area contributed by atoms with Crippen molar-refractivity contribution < 1.29 is 0 Å². The molecule has 0 aliphatic carbocycles. The molecular weight excluding hydrogens is 242 g/mol. The Hall–Kier alpha value is -1.09. The van der Waals surface area contributed by atoms with Gasteiger partial charge in [0.2, 0.25) is 5.56 Å². The highest BCUT2D eigenvalue weighted by molar-refractivity contribution is 9.09. The third kappa shape index (κ3) is 1.73. The zero-order valence-corrected chi connectivity index (χ0v) is 9.34. The van der Waals surface area contributed by atoms with Crippen LogP contribution in [0.25, 0.3) is 10.9 Å². The number of halogens is 1. The number of aromatic amines is 1. The number of hydrogen-bond donors (Lipinski definition) is 1. The van der Waals surface area contributed by atoms with Crippen molar-refractivity contribution in [2.24, 2.45) is 0 Å². The maximum absolute atomic E-state index is 11.0. The van der Waals surface area contributed by atoms with Crippen molar-refractivity contribution in [1.29, 1.82) is 0 Å². The number of benzene rings is 1. The van der Waals surface area contributed by atoms with Crippen LogP contribution in [0.2, 0.25) is 0 Å². The highest BCUT2D eigenvalue weighted by Crippen LogP contribution is 2.24. The second-order valence-corrected chi connectivity index (χ2v) is 4.66. The highest BCUT2D eigenvalue weighted by atomic mass is 79.9. The van der Waals surface area contributed by atoms with Crippen molar-refractivity contribution >= 4 is 26.8 Å². The Labute approximate surface area is 90.1 Å². The summed E-state index contributed by atoms with van der Waals surface area (Å²) in [4.78, 5) is 14.2. The van der Waals surface area contributed by atoms with E-state index in [4.69, 9.17) is 0 Å². The molecule has 0 saturated heterocycles. The molecule has 3 heteroatoms. The van der Waals surface area contributed by atoms with Gasteiger partial charge in [-0.1, -0.05) is 22.0 Å². The molecule has 2 aromatic rings. The van der Waals surface area contributed by atoms with E-state index in [1.807, 2.05) is 18.2 Å². The van der Waals surface area contributed by atoms with E-state index in [0.29, 0.717) is 4.83 Å². The minimum Gasteiger partial charge on any atom is -0.322 e. The maximum atomic E-state index is 11.0. The molecule has 0 bridgehead atoms. The van der Waals surface area contributed by atoms with Crippen LogP contribution in [0.4, 0.5) is 0 Å². The molecule has 0 radical (unpaired) electrons.